The van der Waals surface area contributed by atoms with Crippen LogP contribution in [-0.2, 0) is 11.8 Å². The highest BCUT2D eigenvalue weighted by molar-refractivity contribution is 8.00. The Kier molecular flexibility index (Phi) is 5.86. The van der Waals surface area contributed by atoms with Crippen molar-refractivity contribution >= 4 is 68.1 Å². The van der Waals surface area contributed by atoms with Crippen LogP contribution in [0.3, 0.4) is 0 Å². The summed E-state index contributed by atoms with van der Waals surface area (Å²) in [5, 5.41) is 4.30. The Balaban J connectivity index is 1.86. The molecule has 0 fully saturated rings. The number of thiophene rings is 1. The zero-order chi connectivity index (χ0) is 19.9. The topological polar surface area (TPSA) is 64.0 Å². The number of halogens is 2. The van der Waals surface area contributed by atoms with Gasteiger partial charge in [-0.15, -0.1) is 11.3 Å². The van der Waals surface area contributed by atoms with Crippen molar-refractivity contribution in [3.05, 3.63) is 49.0 Å². The van der Waals surface area contributed by atoms with E-state index < -0.39 is 5.25 Å². The molecule has 0 aliphatic carbocycles. The predicted octanol–water partition coefficient (Wildman–Crippen LogP) is 5.04. The molecule has 0 aliphatic heterocycles. The molecule has 1 amide bonds. The molecule has 9 heteroatoms. The third kappa shape index (κ3) is 4.01. The number of benzene rings is 1. The Hall–Kier alpha value is -1.54. The predicted molar refractivity (Wildman–Crippen MR) is 115 cm³/mol. The second kappa shape index (κ2) is 7.83. The van der Waals surface area contributed by atoms with Gasteiger partial charge in [-0.25, -0.2) is 4.98 Å². The van der Waals surface area contributed by atoms with E-state index >= 15 is 0 Å². The molecule has 2 heterocycles. The zero-order valence-electron chi connectivity index (χ0n) is 15.1. The highest BCUT2D eigenvalue weighted by Crippen LogP contribution is 2.30. The number of hydrogen-bond acceptors (Lipinski definition) is 5. The van der Waals surface area contributed by atoms with E-state index in [-0.39, 0.29) is 11.5 Å². The minimum absolute atomic E-state index is 0.102. The molecule has 142 valence electrons. The van der Waals surface area contributed by atoms with Gasteiger partial charge in [0, 0.05) is 16.9 Å². The third-order valence-corrected chi connectivity index (χ3v) is 7.02. The molecule has 27 heavy (non-hydrogen) atoms. The zero-order valence-corrected chi connectivity index (χ0v) is 18.2. The van der Waals surface area contributed by atoms with Gasteiger partial charge in [-0.3, -0.25) is 14.2 Å². The summed E-state index contributed by atoms with van der Waals surface area (Å²) in [6.07, 6.45) is 0. The lowest BCUT2D eigenvalue weighted by Gasteiger charge is -2.14. The lowest BCUT2D eigenvalue weighted by Crippen LogP contribution is -2.25. The van der Waals surface area contributed by atoms with Crippen LogP contribution in [0.4, 0.5) is 5.69 Å². The van der Waals surface area contributed by atoms with E-state index in [0.29, 0.717) is 31.1 Å². The van der Waals surface area contributed by atoms with Crippen LogP contribution in [-0.4, -0.2) is 20.7 Å². The minimum Gasteiger partial charge on any atom is -0.324 e. The van der Waals surface area contributed by atoms with E-state index in [1.165, 1.54) is 27.7 Å². The van der Waals surface area contributed by atoms with Crippen molar-refractivity contribution < 1.29 is 4.79 Å². The summed E-state index contributed by atoms with van der Waals surface area (Å²) in [6.45, 7) is 5.65. The number of hydrogen-bond donors (Lipinski definition) is 1. The smallest absolute Gasteiger partial charge is 0.262 e. The van der Waals surface area contributed by atoms with Gasteiger partial charge in [0.15, 0.2) is 5.16 Å². The number of amides is 1. The first-order valence-corrected chi connectivity index (χ1v) is 10.5. The fourth-order valence-corrected chi connectivity index (χ4v) is 4.78. The van der Waals surface area contributed by atoms with E-state index in [9.17, 15) is 9.59 Å². The molecule has 5 nitrogen and oxygen atoms in total. The SMILES string of the molecule is Cc1sc2nc(SC(C)C(=O)Nc3cc(Cl)ccc3Cl)n(C)c(=O)c2c1C. The van der Waals surface area contributed by atoms with Crippen LogP contribution in [0.15, 0.2) is 28.2 Å². The molecule has 2 aromatic heterocycles. The summed E-state index contributed by atoms with van der Waals surface area (Å²) in [4.78, 5) is 31.6. The Labute approximate surface area is 174 Å². The molecule has 3 aromatic rings. The first-order valence-electron chi connectivity index (χ1n) is 8.08. The number of thioether (sulfide) groups is 1. The number of nitrogens with one attached hydrogen (secondary N) is 1. The van der Waals surface area contributed by atoms with Gasteiger partial charge in [0.25, 0.3) is 5.56 Å². The summed E-state index contributed by atoms with van der Waals surface area (Å²) < 4.78 is 1.49. The van der Waals surface area contributed by atoms with Crippen LogP contribution < -0.4 is 10.9 Å². The second-order valence-electron chi connectivity index (χ2n) is 6.10. The first kappa shape index (κ1) is 20.2. The molecule has 0 saturated carbocycles. The summed E-state index contributed by atoms with van der Waals surface area (Å²) >= 11 is 14.8. The van der Waals surface area contributed by atoms with Gasteiger partial charge in [-0.1, -0.05) is 35.0 Å². The minimum atomic E-state index is -0.488. The van der Waals surface area contributed by atoms with E-state index in [2.05, 4.69) is 10.3 Å². The van der Waals surface area contributed by atoms with Crippen LogP contribution in [0.2, 0.25) is 10.0 Å². The third-order valence-electron chi connectivity index (χ3n) is 4.21. The van der Waals surface area contributed by atoms with E-state index in [4.69, 9.17) is 23.2 Å². The average Bonchev–Trinajstić information content (AvgIpc) is 2.89. The normalized spacial score (nSPS) is 12.4. The molecule has 3 rings (SSSR count). The highest BCUT2D eigenvalue weighted by Gasteiger charge is 2.21. The summed E-state index contributed by atoms with van der Waals surface area (Å²) in [5.41, 5.74) is 1.30. The van der Waals surface area contributed by atoms with Gasteiger partial charge in [0.2, 0.25) is 5.91 Å². The summed E-state index contributed by atoms with van der Waals surface area (Å²) in [5.74, 6) is -0.253. The molecule has 1 unspecified atom stereocenters. The number of carbonyl (C=O) groups excluding carboxylic acids is 1. The summed E-state index contributed by atoms with van der Waals surface area (Å²) in [6, 6.07) is 4.87. The van der Waals surface area contributed by atoms with Gasteiger partial charge in [0.1, 0.15) is 4.83 Å². The van der Waals surface area contributed by atoms with Gasteiger partial charge >= 0.3 is 0 Å². The monoisotopic (exact) mass is 441 g/mol. The number of anilines is 1. The maximum absolute atomic E-state index is 12.7. The van der Waals surface area contributed by atoms with Crippen LogP contribution >= 0.6 is 46.3 Å². The first-order chi connectivity index (χ1) is 12.7. The Morgan fingerprint density at radius 1 is 1.33 bits per heavy atom. The van der Waals surface area contributed by atoms with Crippen molar-refractivity contribution in [2.45, 2.75) is 31.2 Å². The molecule has 0 spiro atoms. The maximum atomic E-state index is 12.7. The van der Waals surface area contributed by atoms with Crippen LogP contribution in [0.1, 0.15) is 17.4 Å². The number of aromatic nitrogens is 2. The van der Waals surface area contributed by atoms with E-state index in [0.717, 1.165) is 10.4 Å². The van der Waals surface area contributed by atoms with Crippen LogP contribution in [0.5, 0.6) is 0 Å². The number of nitrogens with zero attached hydrogens (tertiary/aromatic N) is 2. The van der Waals surface area contributed by atoms with Gasteiger partial charge in [-0.05, 0) is 44.5 Å². The Morgan fingerprint density at radius 2 is 2.04 bits per heavy atom. The standard InChI is InChI=1S/C18H17Cl2N3O2S2/c1-8-9(2)26-16-14(8)17(25)23(4)18(22-16)27-10(3)15(24)21-13-7-11(19)5-6-12(13)20/h5-7,10H,1-4H3,(H,21,24). The maximum Gasteiger partial charge on any atom is 0.262 e. The van der Waals surface area contributed by atoms with Crippen molar-refractivity contribution in [1.82, 2.24) is 9.55 Å². The van der Waals surface area contributed by atoms with Crippen molar-refractivity contribution in [2.24, 2.45) is 7.05 Å². The van der Waals surface area contributed by atoms with Crippen LogP contribution in [0.25, 0.3) is 10.2 Å². The average molecular weight is 442 g/mol. The quantitative estimate of drug-likeness (QED) is 0.454. The van der Waals surface area contributed by atoms with Gasteiger partial charge in [0.05, 0.1) is 21.3 Å². The van der Waals surface area contributed by atoms with E-state index in [1.807, 2.05) is 13.8 Å². The van der Waals surface area contributed by atoms with Gasteiger partial charge < -0.3 is 5.32 Å². The van der Waals surface area contributed by atoms with Crippen molar-refractivity contribution in [1.29, 1.82) is 0 Å². The van der Waals surface area contributed by atoms with Crippen LogP contribution in [0, 0.1) is 13.8 Å². The summed E-state index contributed by atoms with van der Waals surface area (Å²) in [7, 11) is 1.67. The van der Waals surface area contributed by atoms with Gasteiger partial charge in [-0.2, -0.15) is 0 Å². The lowest BCUT2D eigenvalue weighted by molar-refractivity contribution is -0.115. The molecular formula is C18H17Cl2N3O2S2. The fraction of sp³-hybridized carbons (Fsp3) is 0.278. The molecule has 1 atom stereocenters. The number of fused-ring (bicyclic) bond motifs is 1. The van der Waals surface area contributed by atoms with Crippen molar-refractivity contribution in [3.63, 3.8) is 0 Å². The Morgan fingerprint density at radius 3 is 2.74 bits per heavy atom. The van der Waals surface area contributed by atoms with Crippen molar-refractivity contribution in [3.8, 4) is 0 Å². The molecule has 0 radical (unpaired) electrons. The number of aryl methyl sites for hydroxylation is 2. The molecule has 0 bridgehead atoms. The molecule has 0 aliphatic rings. The molecule has 0 saturated heterocycles. The Bertz CT molecular complexity index is 1110. The number of rotatable bonds is 4. The highest BCUT2D eigenvalue weighted by atomic mass is 35.5. The molecule has 1 N–H and O–H groups in total. The largest absolute Gasteiger partial charge is 0.324 e. The molecule has 1 aromatic carbocycles. The van der Waals surface area contributed by atoms with E-state index in [1.54, 1.807) is 32.2 Å². The second-order valence-corrected chi connectivity index (χ2v) is 9.45. The van der Waals surface area contributed by atoms with Crippen molar-refractivity contribution in [2.75, 3.05) is 5.32 Å². The lowest BCUT2D eigenvalue weighted by atomic mass is 10.2. The fourth-order valence-electron chi connectivity index (χ4n) is 2.50. The molecular weight excluding hydrogens is 425 g/mol. The number of carbonyl (C=O) groups is 1.